The van der Waals surface area contributed by atoms with Crippen LogP contribution in [0.25, 0.3) is 11.0 Å². The van der Waals surface area contributed by atoms with Gasteiger partial charge in [0.25, 0.3) is 11.6 Å². The summed E-state index contributed by atoms with van der Waals surface area (Å²) < 4.78 is 2.02. The van der Waals surface area contributed by atoms with E-state index in [1.54, 1.807) is 19.1 Å². The third kappa shape index (κ3) is 4.16. The molecule has 3 aromatic carbocycles. The minimum atomic E-state index is -0.472. The normalized spacial score (nSPS) is 11.9. The Morgan fingerprint density at radius 1 is 1.10 bits per heavy atom. The van der Waals surface area contributed by atoms with E-state index in [1.807, 2.05) is 66.2 Å². The van der Waals surface area contributed by atoms with Crippen LogP contribution in [-0.2, 0) is 13.5 Å². The van der Waals surface area contributed by atoms with Gasteiger partial charge in [0.1, 0.15) is 5.82 Å². The lowest BCUT2D eigenvalue weighted by molar-refractivity contribution is -0.385. The number of rotatable bonds is 6. The zero-order chi connectivity index (χ0) is 22.0. The topological polar surface area (TPSA) is 90.1 Å². The van der Waals surface area contributed by atoms with Crippen LogP contribution >= 0.6 is 0 Å². The second-order valence-electron chi connectivity index (χ2n) is 7.47. The Hall–Kier alpha value is -4.00. The minimum absolute atomic E-state index is 0.0701. The third-order valence-electron chi connectivity index (χ3n) is 5.44. The average Bonchev–Trinajstić information content (AvgIpc) is 3.09. The summed E-state index contributed by atoms with van der Waals surface area (Å²) in [4.78, 5) is 28.5. The molecule has 0 saturated heterocycles. The number of fused-ring (bicyclic) bond motifs is 1. The first-order valence-electron chi connectivity index (χ1n) is 9.95. The number of nitro benzene ring substituents is 1. The van der Waals surface area contributed by atoms with Gasteiger partial charge in [0.05, 0.1) is 22.0 Å². The number of amides is 1. The minimum Gasteiger partial charge on any atom is -0.345 e. The van der Waals surface area contributed by atoms with Crippen molar-refractivity contribution < 1.29 is 9.72 Å². The Morgan fingerprint density at radius 2 is 1.81 bits per heavy atom. The molecule has 0 spiro atoms. The SMILES string of the molecule is Cc1ccc(C(=O)NC(Cc2nc3ccccc3n2C)c2ccccc2)cc1[N+](=O)[O-]. The Balaban J connectivity index is 1.66. The van der Waals surface area contributed by atoms with Crippen LogP contribution in [0.1, 0.15) is 33.4 Å². The third-order valence-corrected chi connectivity index (χ3v) is 5.44. The number of nitrogens with one attached hydrogen (secondary N) is 1. The molecule has 1 amide bonds. The van der Waals surface area contributed by atoms with Crippen molar-refractivity contribution in [1.82, 2.24) is 14.9 Å². The lowest BCUT2D eigenvalue weighted by atomic mass is 10.0. The van der Waals surface area contributed by atoms with E-state index in [-0.39, 0.29) is 23.2 Å². The van der Waals surface area contributed by atoms with Crippen LogP contribution in [0, 0.1) is 17.0 Å². The Kier molecular flexibility index (Phi) is 5.49. The molecule has 1 atom stereocenters. The Morgan fingerprint density at radius 3 is 2.52 bits per heavy atom. The van der Waals surface area contributed by atoms with Crippen molar-refractivity contribution in [2.24, 2.45) is 7.05 Å². The van der Waals surface area contributed by atoms with Crippen molar-refractivity contribution in [3.05, 3.63) is 105 Å². The summed E-state index contributed by atoms with van der Waals surface area (Å²) >= 11 is 0. The summed E-state index contributed by atoms with van der Waals surface area (Å²) in [6.45, 7) is 1.65. The molecule has 0 aliphatic heterocycles. The van der Waals surface area contributed by atoms with Crippen LogP contribution in [0.2, 0.25) is 0 Å². The highest BCUT2D eigenvalue weighted by atomic mass is 16.6. The van der Waals surface area contributed by atoms with Crippen molar-refractivity contribution >= 4 is 22.6 Å². The van der Waals surface area contributed by atoms with Crippen molar-refractivity contribution in [2.45, 2.75) is 19.4 Å². The number of para-hydroxylation sites is 2. The van der Waals surface area contributed by atoms with Gasteiger partial charge in [0.15, 0.2) is 0 Å². The average molecular weight is 414 g/mol. The molecule has 1 N–H and O–H groups in total. The molecule has 7 nitrogen and oxygen atoms in total. The molecular weight excluding hydrogens is 392 g/mol. The van der Waals surface area contributed by atoms with Crippen LogP contribution in [0.15, 0.2) is 72.8 Å². The number of carbonyl (C=O) groups excluding carboxylic acids is 1. The molecule has 0 bridgehead atoms. The van der Waals surface area contributed by atoms with Crippen LogP contribution in [0.4, 0.5) is 5.69 Å². The molecule has 0 aliphatic carbocycles. The van der Waals surface area contributed by atoms with Gasteiger partial charge in [-0.2, -0.15) is 0 Å². The van der Waals surface area contributed by atoms with E-state index < -0.39 is 4.92 Å². The number of nitrogens with zero attached hydrogens (tertiary/aromatic N) is 3. The zero-order valence-corrected chi connectivity index (χ0v) is 17.3. The van der Waals surface area contributed by atoms with Gasteiger partial charge in [-0.25, -0.2) is 4.98 Å². The lowest BCUT2D eigenvalue weighted by Gasteiger charge is -2.19. The quantitative estimate of drug-likeness (QED) is 0.371. The maximum Gasteiger partial charge on any atom is 0.273 e. The number of hydrogen-bond donors (Lipinski definition) is 1. The highest BCUT2D eigenvalue weighted by Crippen LogP contribution is 2.23. The second kappa shape index (κ2) is 8.39. The number of aromatic nitrogens is 2. The lowest BCUT2D eigenvalue weighted by Crippen LogP contribution is -2.30. The fourth-order valence-corrected chi connectivity index (χ4v) is 3.69. The molecule has 1 heterocycles. The van der Waals surface area contributed by atoms with Crippen LogP contribution in [0.3, 0.4) is 0 Å². The smallest absolute Gasteiger partial charge is 0.273 e. The van der Waals surface area contributed by atoms with E-state index in [2.05, 4.69) is 5.32 Å². The first kappa shape index (κ1) is 20.3. The van der Waals surface area contributed by atoms with E-state index in [4.69, 9.17) is 4.98 Å². The molecule has 31 heavy (non-hydrogen) atoms. The maximum atomic E-state index is 13.0. The predicted molar refractivity (Wildman–Crippen MR) is 119 cm³/mol. The number of hydrogen-bond acceptors (Lipinski definition) is 4. The highest BCUT2D eigenvalue weighted by Gasteiger charge is 2.21. The molecule has 0 aliphatic rings. The van der Waals surface area contributed by atoms with Gasteiger partial charge in [0, 0.05) is 30.7 Å². The first-order valence-corrected chi connectivity index (χ1v) is 9.95. The van der Waals surface area contributed by atoms with Gasteiger partial charge in [-0.15, -0.1) is 0 Å². The molecule has 1 unspecified atom stereocenters. The fourth-order valence-electron chi connectivity index (χ4n) is 3.69. The molecule has 7 heteroatoms. The molecule has 1 aromatic heterocycles. The van der Waals surface area contributed by atoms with Crippen molar-refractivity contribution in [2.75, 3.05) is 0 Å². The van der Waals surface area contributed by atoms with Crippen LogP contribution in [0.5, 0.6) is 0 Å². The van der Waals surface area contributed by atoms with Crippen molar-refractivity contribution in [3.63, 3.8) is 0 Å². The van der Waals surface area contributed by atoms with E-state index >= 15 is 0 Å². The summed E-state index contributed by atoms with van der Waals surface area (Å²) in [5.41, 5.74) is 3.55. The van der Waals surface area contributed by atoms with Gasteiger partial charge < -0.3 is 9.88 Å². The Labute approximate surface area is 179 Å². The largest absolute Gasteiger partial charge is 0.345 e. The summed E-state index contributed by atoms with van der Waals surface area (Å²) in [6.07, 6.45) is 0.481. The number of nitro groups is 1. The monoisotopic (exact) mass is 414 g/mol. The standard InChI is InChI=1S/C24H22N4O3/c1-16-12-13-18(14-22(16)28(30)31)24(29)26-20(17-8-4-3-5-9-17)15-23-25-19-10-6-7-11-21(19)27(23)2/h3-14,20H,15H2,1-2H3,(H,26,29). The van der Waals surface area contributed by atoms with E-state index in [0.29, 0.717) is 12.0 Å². The van der Waals surface area contributed by atoms with E-state index in [9.17, 15) is 14.9 Å². The predicted octanol–water partition coefficient (Wildman–Crippen LogP) is 4.50. The summed E-state index contributed by atoms with van der Waals surface area (Å²) in [5, 5.41) is 14.3. The number of imidazole rings is 1. The Bertz CT molecular complexity index is 1260. The molecule has 0 saturated carbocycles. The summed E-state index contributed by atoms with van der Waals surface area (Å²) in [6, 6.07) is 21.7. The van der Waals surface area contributed by atoms with E-state index in [0.717, 1.165) is 22.4 Å². The molecule has 0 radical (unpaired) electrons. The molecule has 4 aromatic rings. The molecular formula is C24H22N4O3. The van der Waals surface area contributed by atoms with E-state index in [1.165, 1.54) is 6.07 Å². The molecule has 156 valence electrons. The van der Waals surface area contributed by atoms with Crippen molar-refractivity contribution in [1.29, 1.82) is 0 Å². The molecule has 0 fully saturated rings. The molecule has 4 rings (SSSR count). The zero-order valence-electron chi connectivity index (χ0n) is 17.3. The first-order chi connectivity index (χ1) is 14.9. The highest BCUT2D eigenvalue weighted by molar-refractivity contribution is 5.95. The van der Waals surface area contributed by atoms with Crippen LogP contribution < -0.4 is 5.32 Å². The fraction of sp³-hybridized carbons (Fsp3) is 0.167. The number of carbonyl (C=O) groups is 1. The summed E-state index contributed by atoms with van der Waals surface area (Å²) in [5.74, 6) is 0.473. The van der Waals surface area contributed by atoms with Gasteiger partial charge in [-0.3, -0.25) is 14.9 Å². The van der Waals surface area contributed by atoms with Gasteiger partial charge in [-0.1, -0.05) is 48.5 Å². The maximum absolute atomic E-state index is 13.0. The van der Waals surface area contributed by atoms with Gasteiger partial charge >= 0.3 is 0 Å². The number of benzene rings is 3. The van der Waals surface area contributed by atoms with Gasteiger partial charge in [0.2, 0.25) is 0 Å². The number of aryl methyl sites for hydroxylation is 2. The van der Waals surface area contributed by atoms with Crippen LogP contribution in [-0.4, -0.2) is 20.4 Å². The second-order valence-corrected chi connectivity index (χ2v) is 7.47. The van der Waals surface area contributed by atoms with Crippen molar-refractivity contribution in [3.8, 4) is 0 Å². The summed E-state index contributed by atoms with van der Waals surface area (Å²) in [7, 11) is 1.96. The van der Waals surface area contributed by atoms with Gasteiger partial charge in [-0.05, 0) is 30.7 Å².